The maximum absolute atomic E-state index is 11.0. The molecule has 3 N–H and O–H groups in total. The number of rotatable bonds is 6. The van der Waals surface area contributed by atoms with Gasteiger partial charge in [-0.05, 0) is 40.2 Å². The Balaban J connectivity index is 0. The van der Waals surface area contributed by atoms with Crippen LogP contribution in [0.4, 0.5) is 0 Å². The smallest absolute Gasteiger partial charge is 0.322 e. The summed E-state index contributed by atoms with van der Waals surface area (Å²) in [7, 11) is 1.36. The molecule has 0 aromatic carbocycles. The standard InChI is InChI=1S/C11H24N2O2.ClH/c1-11(2,3)13-8-6-5-7-9(12)10(14)15-4;/h9,13H,5-8,12H2,1-4H3;1H/t9-;/m1./s1. The maximum Gasteiger partial charge on any atom is 0.322 e. The first-order chi connectivity index (χ1) is 6.87. The molecule has 0 unspecified atom stereocenters. The number of ether oxygens (including phenoxy) is 1. The van der Waals surface area contributed by atoms with Crippen molar-refractivity contribution in [1.82, 2.24) is 5.32 Å². The Hall–Kier alpha value is -0.320. The molecule has 0 aliphatic rings. The monoisotopic (exact) mass is 252 g/mol. The summed E-state index contributed by atoms with van der Waals surface area (Å²) >= 11 is 0. The van der Waals surface area contributed by atoms with Crippen molar-refractivity contribution in [2.45, 2.75) is 51.6 Å². The van der Waals surface area contributed by atoms with Gasteiger partial charge in [0.2, 0.25) is 0 Å². The van der Waals surface area contributed by atoms with E-state index in [9.17, 15) is 4.79 Å². The largest absolute Gasteiger partial charge is 0.468 e. The zero-order chi connectivity index (χ0) is 11.9. The van der Waals surface area contributed by atoms with Gasteiger partial charge in [-0.2, -0.15) is 0 Å². The van der Waals surface area contributed by atoms with Crippen molar-refractivity contribution in [3.63, 3.8) is 0 Å². The predicted molar refractivity (Wildman–Crippen MR) is 68.8 cm³/mol. The van der Waals surface area contributed by atoms with Crippen molar-refractivity contribution in [3.8, 4) is 0 Å². The van der Waals surface area contributed by atoms with Crippen LogP contribution in [0.15, 0.2) is 0 Å². The number of carbonyl (C=O) groups excluding carboxylic acids is 1. The maximum atomic E-state index is 11.0. The summed E-state index contributed by atoms with van der Waals surface area (Å²) in [5.41, 5.74) is 5.76. The second kappa shape index (κ2) is 8.79. The summed E-state index contributed by atoms with van der Waals surface area (Å²) in [6, 6.07) is -0.468. The number of hydrogen-bond donors (Lipinski definition) is 2. The van der Waals surface area contributed by atoms with Crippen LogP contribution in [0.2, 0.25) is 0 Å². The third kappa shape index (κ3) is 10.2. The third-order valence-electron chi connectivity index (χ3n) is 2.10. The first-order valence-corrected chi connectivity index (χ1v) is 5.45. The second-order valence-electron chi connectivity index (χ2n) is 4.80. The summed E-state index contributed by atoms with van der Waals surface area (Å²) in [6.07, 6.45) is 2.67. The van der Waals surface area contributed by atoms with Gasteiger partial charge in [0.05, 0.1) is 7.11 Å². The summed E-state index contributed by atoms with van der Waals surface area (Å²) in [5, 5.41) is 3.38. The highest BCUT2D eigenvalue weighted by Crippen LogP contribution is 2.02. The molecule has 98 valence electrons. The Morgan fingerprint density at radius 1 is 1.38 bits per heavy atom. The van der Waals surface area contributed by atoms with Crippen LogP contribution in [-0.4, -0.2) is 31.2 Å². The number of nitrogens with one attached hydrogen (secondary N) is 1. The normalized spacial score (nSPS) is 12.8. The Bertz CT molecular complexity index is 193. The first kappa shape index (κ1) is 18.1. The van der Waals surface area contributed by atoms with Crippen molar-refractivity contribution in [1.29, 1.82) is 0 Å². The average molecular weight is 253 g/mol. The molecule has 0 saturated carbocycles. The number of carbonyl (C=O) groups is 1. The topological polar surface area (TPSA) is 64.3 Å². The van der Waals surface area contributed by atoms with Crippen LogP contribution in [0.1, 0.15) is 40.0 Å². The summed E-state index contributed by atoms with van der Waals surface area (Å²) in [5.74, 6) is -0.321. The molecular formula is C11H25ClN2O2. The zero-order valence-corrected chi connectivity index (χ0v) is 11.5. The lowest BCUT2D eigenvalue weighted by molar-refractivity contribution is -0.142. The molecule has 0 rings (SSSR count). The van der Waals surface area contributed by atoms with Crippen molar-refractivity contribution >= 4 is 18.4 Å². The van der Waals surface area contributed by atoms with E-state index in [0.29, 0.717) is 6.42 Å². The van der Waals surface area contributed by atoms with E-state index >= 15 is 0 Å². The minimum atomic E-state index is -0.468. The van der Waals surface area contributed by atoms with E-state index in [1.165, 1.54) is 7.11 Å². The predicted octanol–water partition coefficient (Wildman–Crippen LogP) is 1.47. The van der Waals surface area contributed by atoms with E-state index in [2.05, 4.69) is 30.8 Å². The molecule has 0 saturated heterocycles. The SMILES string of the molecule is COC(=O)[C@H](N)CCCCNC(C)(C)C.Cl. The van der Waals surface area contributed by atoms with Crippen LogP contribution in [0.5, 0.6) is 0 Å². The zero-order valence-electron chi connectivity index (χ0n) is 10.7. The van der Waals surface area contributed by atoms with Gasteiger partial charge in [-0.3, -0.25) is 4.79 Å². The fourth-order valence-corrected chi connectivity index (χ4v) is 1.22. The molecule has 0 heterocycles. The number of unbranched alkanes of at least 4 members (excludes halogenated alkanes) is 1. The molecule has 0 aromatic rings. The van der Waals surface area contributed by atoms with Crippen LogP contribution in [-0.2, 0) is 9.53 Å². The highest BCUT2D eigenvalue weighted by atomic mass is 35.5. The van der Waals surface area contributed by atoms with Gasteiger partial charge >= 0.3 is 5.97 Å². The van der Waals surface area contributed by atoms with Crippen molar-refractivity contribution in [2.24, 2.45) is 5.73 Å². The average Bonchev–Trinajstić information content (AvgIpc) is 2.14. The molecule has 0 spiro atoms. The molecule has 0 fully saturated rings. The summed E-state index contributed by atoms with van der Waals surface area (Å²) in [6.45, 7) is 7.35. The third-order valence-corrected chi connectivity index (χ3v) is 2.10. The molecule has 0 amide bonds. The Morgan fingerprint density at radius 2 is 1.94 bits per heavy atom. The fraction of sp³-hybridized carbons (Fsp3) is 0.909. The Kier molecular flexibility index (Phi) is 9.92. The van der Waals surface area contributed by atoms with Gasteiger partial charge in [0.1, 0.15) is 6.04 Å². The molecule has 0 aliphatic heterocycles. The second-order valence-corrected chi connectivity index (χ2v) is 4.80. The Labute approximate surface area is 105 Å². The molecule has 5 heteroatoms. The highest BCUT2D eigenvalue weighted by molar-refractivity contribution is 5.85. The quantitative estimate of drug-likeness (QED) is 0.555. The number of hydrogen-bond acceptors (Lipinski definition) is 4. The van der Waals surface area contributed by atoms with E-state index in [1.54, 1.807) is 0 Å². The minimum absolute atomic E-state index is 0. The Morgan fingerprint density at radius 3 is 2.38 bits per heavy atom. The van der Waals surface area contributed by atoms with Gasteiger partial charge in [-0.1, -0.05) is 6.42 Å². The molecule has 0 radical (unpaired) electrons. The lowest BCUT2D eigenvalue weighted by Crippen LogP contribution is -2.36. The molecule has 16 heavy (non-hydrogen) atoms. The van der Waals surface area contributed by atoms with Crippen molar-refractivity contribution in [2.75, 3.05) is 13.7 Å². The molecule has 4 nitrogen and oxygen atoms in total. The van der Waals surface area contributed by atoms with E-state index in [0.717, 1.165) is 19.4 Å². The van der Waals surface area contributed by atoms with E-state index in [4.69, 9.17) is 5.73 Å². The lowest BCUT2D eigenvalue weighted by atomic mass is 10.1. The van der Waals surface area contributed by atoms with E-state index in [1.807, 2.05) is 0 Å². The van der Waals surface area contributed by atoms with Crippen molar-refractivity contribution in [3.05, 3.63) is 0 Å². The molecule has 0 aromatic heterocycles. The fourth-order valence-electron chi connectivity index (χ4n) is 1.22. The number of esters is 1. The first-order valence-electron chi connectivity index (χ1n) is 5.45. The summed E-state index contributed by atoms with van der Waals surface area (Å²) in [4.78, 5) is 11.0. The van der Waals surface area contributed by atoms with Crippen molar-refractivity contribution < 1.29 is 9.53 Å². The van der Waals surface area contributed by atoms with Crippen LogP contribution >= 0.6 is 12.4 Å². The molecule has 1 atom stereocenters. The van der Waals surface area contributed by atoms with E-state index < -0.39 is 6.04 Å². The lowest BCUT2D eigenvalue weighted by Gasteiger charge is -2.20. The van der Waals surface area contributed by atoms with Crippen LogP contribution in [0.25, 0.3) is 0 Å². The molecule has 0 aliphatic carbocycles. The highest BCUT2D eigenvalue weighted by Gasteiger charge is 2.13. The van der Waals surface area contributed by atoms with Crippen LogP contribution in [0, 0.1) is 0 Å². The van der Waals surface area contributed by atoms with Gasteiger partial charge < -0.3 is 15.8 Å². The molecular weight excluding hydrogens is 228 g/mol. The number of methoxy groups -OCH3 is 1. The van der Waals surface area contributed by atoms with Gasteiger partial charge in [0.15, 0.2) is 0 Å². The van der Waals surface area contributed by atoms with Gasteiger partial charge in [0, 0.05) is 5.54 Å². The minimum Gasteiger partial charge on any atom is -0.468 e. The number of nitrogens with two attached hydrogens (primary N) is 1. The van der Waals surface area contributed by atoms with E-state index in [-0.39, 0.29) is 23.9 Å². The van der Waals surface area contributed by atoms with Crippen LogP contribution < -0.4 is 11.1 Å². The van der Waals surface area contributed by atoms with Crippen LogP contribution in [0.3, 0.4) is 0 Å². The molecule has 0 bridgehead atoms. The number of halogens is 1. The van der Waals surface area contributed by atoms with Gasteiger partial charge in [-0.25, -0.2) is 0 Å². The van der Waals surface area contributed by atoms with Gasteiger partial charge in [0.25, 0.3) is 0 Å². The van der Waals surface area contributed by atoms with Gasteiger partial charge in [-0.15, -0.1) is 12.4 Å². The summed E-state index contributed by atoms with van der Waals surface area (Å²) < 4.78 is 4.54.